The van der Waals surface area contributed by atoms with Gasteiger partial charge in [-0.2, -0.15) is 0 Å². The third kappa shape index (κ3) is 7.57. The molecule has 9 heteroatoms. The Balaban J connectivity index is 2.68. The van der Waals surface area contributed by atoms with Crippen molar-refractivity contribution in [3.8, 4) is 0 Å². The van der Waals surface area contributed by atoms with Crippen molar-refractivity contribution in [2.24, 2.45) is 0 Å². The number of halogens is 7. The van der Waals surface area contributed by atoms with Gasteiger partial charge in [-0.1, -0.05) is 0 Å². The van der Waals surface area contributed by atoms with Gasteiger partial charge >= 0.3 is 113 Å². The van der Waals surface area contributed by atoms with E-state index in [2.05, 4.69) is 6.13 Å². The molecule has 0 aliphatic carbocycles. The van der Waals surface area contributed by atoms with E-state index in [0.717, 1.165) is 0 Å². The van der Waals surface area contributed by atoms with Crippen LogP contribution in [0.2, 0.25) is 0 Å². The molecule has 0 atom stereocenters. The standard InChI is InChI=1S/C10H9F6IO2/c11-9(12,13)6-18-17(19-7-10(14,15)16)8-4-2-1-3-5-8/h1-5H,6-7H2. The van der Waals surface area contributed by atoms with Crippen LogP contribution in [0.3, 0.4) is 0 Å². The van der Waals surface area contributed by atoms with Gasteiger partial charge in [0.2, 0.25) is 0 Å². The topological polar surface area (TPSA) is 18.5 Å². The normalized spacial score (nSPS) is 13.5. The van der Waals surface area contributed by atoms with E-state index in [1.54, 1.807) is 6.07 Å². The zero-order valence-corrected chi connectivity index (χ0v) is 11.4. The third-order valence-corrected chi connectivity index (χ3v) is 5.04. The second kappa shape index (κ2) is 6.75. The minimum atomic E-state index is -4.61. The third-order valence-electron chi connectivity index (χ3n) is 1.55. The van der Waals surface area contributed by atoms with Crippen LogP contribution >= 0.6 is 20.6 Å². The number of alkyl halides is 6. The van der Waals surface area contributed by atoms with Crippen LogP contribution < -0.4 is 0 Å². The van der Waals surface area contributed by atoms with Gasteiger partial charge in [-0.25, -0.2) is 0 Å². The first kappa shape index (κ1) is 16.5. The quantitative estimate of drug-likeness (QED) is 0.539. The summed E-state index contributed by atoms with van der Waals surface area (Å²) in [6, 6.07) is 7.35. The predicted molar refractivity (Wildman–Crippen MR) is 63.2 cm³/mol. The molecule has 1 aromatic rings. The van der Waals surface area contributed by atoms with Gasteiger partial charge in [0, 0.05) is 0 Å². The molecule has 0 bridgehead atoms. The van der Waals surface area contributed by atoms with Gasteiger partial charge in [-0.15, -0.1) is 0 Å². The van der Waals surface area contributed by atoms with E-state index in [0.29, 0.717) is 0 Å². The van der Waals surface area contributed by atoms with E-state index in [1.807, 2.05) is 0 Å². The fourth-order valence-corrected chi connectivity index (χ4v) is 4.07. The van der Waals surface area contributed by atoms with E-state index in [1.165, 1.54) is 24.3 Å². The number of rotatable bonds is 5. The van der Waals surface area contributed by atoms with Crippen LogP contribution in [0.15, 0.2) is 30.3 Å². The molecule has 0 heterocycles. The Morgan fingerprint density at radius 3 is 1.58 bits per heavy atom. The summed E-state index contributed by atoms with van der Waals surface area (Å²) in [4.78, 5) is 0. The summed E-state index contributed by atoms with van der Waals surface area (Å²) in [5, 5.41) is 0. The first-order valence-electron chi connectivity index (χ1n) is 4.83. The van der Waals surface area contributed by atoms with Gasteiger partial charge in [0.15, 0.2) is 0 Å². The van der Waals surface area contributed by atoms with Gasteiger partial charge in [0.05, 0.1) is 0 Å². The molecule has 0 spiro atoms. The molecule has 0 fully saturated rings. The molecular weight excluding hydrogens is 393 g/mol. The summed E-state index contributed by atoms with van der Waals surface area (Å²) in [6.07, 6.45) is -9.21. The fraction of sp³-hybridized carbons (Fsp3) is 0.400. The number of hydrogen-bond acceptors (Lipinski definition) is 2. The Morgan fingerprint density at radius 1 is 0.789 bits per heavy atom. The van der Waals surface area contributed by atoms with E-state index < -0.39 is 46.2 Å². The van der Waals surface area contributed by atoms with Crippen molar-refractivity contribution in [3.05, 3.63) is 33.9 Å². The Kier molecular flexibility index (Phi) is 5.86. The van der Waals surface area contributed by atoms with Crippen molar-refractivity contribution in [2.75, 3.05) is 13.2 Å². The SMILES string of the molecule is FC(F)(F)COI(OCC(F)(F)F)c1ccccc1. The van der Waals surface area contributed by atoms with Gasteiger partial charge in [0.25, 0.3) is 0 Å². The van der Waals surface area contributed by atoms with Gasteiger partial charge in [-0.05, 0) is 0 Å². The van der Waals surface area contributed by atoms with E-state index in [-0.39, 0.29) is 3.57 Å². The molecule has 1 rings (SSSR count). The maximum atomic E-state index is 12.0. The van der Waals surface area contributed by atoms with Crippen molar-refractivity contribution < 1.29 is 32.5 Å². The maximum absolute atomic E-state index is 12.0. The molecule has 0 aliphatic heterocycles. The summed E-state index contributed by atoms with van der Waals surface area (Å²) in [6.45, 7) is -3.24. The Labute approximate surface area is 113 Å². The average Bonchev–Trinajstić information content (AvgIpc) is 2.27. The molecule has 0 amide bonds. The minimum absolute atomic E-state index is 0.236. The van der Waals surface area contributed by atoms with Crippen LogP contribution in [0.1, 0.15) is 0 Å². The van der Waals surface area contributed by atoms with Gasteiger partial charge in [0.1, 0.15) is 0 Å². The second-order valence-electron chi connectivity index (χ2n) is 3.25. The molecule has 1 aromatic carbocycles. The summed E-state index contributed by atoms with van der Waals surface area (Å²) in [5.74, 6) is 0. The molecule has 0 aromatic heterocycles. The number of hydrogen-bond donors (Lipinski definition) is 0. The zero-order chi connectivity index (χ0) is 14.5. The second-order valence-corrected chi connectivity index (χ2v) is 6.98. The van der Waals surface area contributed by atoms with Gasteiger partial charge in [-0.3, -0.25) is 0 Å². The van der Waals surface area contributed by atoms with E-state index >= 15 is 0 Å². The zero-order valence-electron chi connectivity index (χ0n) is 9.26. The fourth-order valence-electron chi connectivity index (χ4n) is 0.898. The monoisotopic (exact) mass is 402 g/mol. The molecule has 0 radical (unpaired) electrons. The van der Waals surface area contributed by atoms with Crippen molar-refractivity contribution in [1.29, 1.82) is 0 Å². The Morgan fingerprint density at radius 2 is 1.21 bits per heavy atom. The molecule has 0 saturated carbocycles. The predicted octanol–water partition coefficient (Wildman–Crippen LogP) is 4.35. The van der Waals surface area contributed by atoms with Crippen molar-refractivity contribution in [2.45, 2.75) is 12.4 Å². The number of benzene rings is 1. The first-order valence-corrected chi connectivity index (χ1v) is 7.67. The molecule has 0 N–H and O–H groups in total. The first-order chi connectivity index (χ1) is 8.67. The summed E-state index contributed by atoms with van der Waals surface area (Å²) < 4.78 is 81.4. The van der Waals surface area contributed by atoms with Crippen LogP contribution in [-0.4, -0.2) is 25.6 Å². The van der Waals surface area contributed by atoms with Crippen LogP contribution in [0.4, 0.5) is 26.3 Å². The summed E-state index contributed by atoms with van der Waals surface area (Å²) in [5.41, 5.74) is 0. The van der Waals surface area contributed by atoms with E-state index in [4.69, 9.17) is 0 Å². The van der Waals surface area contributed by atoms with Crippen molar-refractivity contribution in [3.63, 3.8) is 0 Å². The molecular formula is C10H9F6IO2. The van der Waals surface area contributed by atoms with E-state index in [9.17, 15) is 26.3 Å². The molecule has 2 nitrogen and oxygen atoms in total. The van der Waals surface area contributed by atoms with Crippen LogP contribution in [0, 0.1) is 3.57 Å². The van der Waals surface area contributed by atoms with Crippen LogP contribution in [0.25, 0.3) is 0 Å². The average molecular weight is 402 g/mol. The van der Waals surface area contributed by atoms with Crippen molar-refractivity contribution in [1.82, 2.24) is 0 Å². The summed E-state index contributed by atoms with van der Waals surface area (Å²) >= 11 is -3.43. The summed E-state index contributed by atoms with van der Waals surface area (Å²) in [7, 11) is 0. The molecule has 0 saturated heterocycles. The molecule has 0 aliphatic rings. The Hall–Kier alpha value is -0.550. The van der Waals surface area contributed by atoms with Crippen LogP contribution in [-0.2, 0) is 6.13 Å². The molecule has 110 valence electrons. The molecule has 19 heavy (non-hydrogen) atoms. The molecule has 0 unspecified atom stereocenters. The van der Waals surface area contributed by atoms with Gasteiger partial charge < -0.3 is 0 Å². The van der Waals surface area contributed by atoms with Crippen molar-refractivity contribution >= 4 is 20.6 Å². The Bertz CT molecular complexity index is 360. The van der Waals surface area contributed by atoms with Crippen LogP contribution in [0.5, 0.6) is 0 Å².